The van der Waals surface area contributed by atoms with Crippen LogP contribution in [0.3, 0.4) is 0 Å². The number of nitrogens with zero attached hydrogens (tertiary/aromatic N) is 2. The zero-order valence-electron chi connectivity index (χ0n) is 8.16. The van der Waals surface area contributed by atoms with Gasteiger partial charge in [0.05, 0.1) is 11.2 Å². The highest BCUT2D eigenvalue weighted by Crippen LogP contribution is 2.32. The summed E-state index contributed by atoms with van der Waals surface area (Å²) in [4.78, 5) is 14.9. The summed E-state index contributed by atoms with van der Waals surface area (Å²) in [5.41, 5.74) is 0.670. The van der Waals surface area contributed by atoms with Crippen molar-refractivity contribution in [2.24, 2.45) is 0 Å². The van der Waals surface area contributed by atoms with Gasteiger partial charge in [-0.1, -0.05) is 42.1 Å². The number of carbonyl (C=O) groups excluding carboxylic acids is 1. The Hall–Kier alpha value is -1.82. The maximum Gasteiger partial charge on any atom is 0.184 e. The van der Waals surface area contributed by atoms with Crippen LogP contribution in [-0.4, -0.2) is 21.2 Å². The highest BCUT2D eigenvalue weighted by atomic mass is 32.2. The molecular weight excluding hydrogens is 226 g/mol. The second-order valence-electron chi connectivity index (χ2n) is 3.02. The first-order valence-electron chi connectivity index (χ1n) is 4.55. The van der Waals surface area contributed by atoms with Gasteiger partial charge in [0, 0.05) is 0 Å². The van der Waals surface area contributed by atoms with E-state index in [4.69, 9.17) is 0 Å². The van der Waals surface area contributed by atoms with E-state index in [1.54, 1.807) is 24.3 Å². The minimum atomic E-state index is -1.15. The van der Waals surface area contributed by atoms with Crippen molar-refractivity contribution in [1.82, 2.24) is 15.2 Å². The summed E-state index contributed by atoms with van der Waals surface area (Å²) in [6.45, 7) is 0. The molecule has 1 heterocycles. The van der Waals surface area contributed by atoms with Crippen LogP contribution in [0.25, 0.3) is 0 Å². The van der Waals surface area contributed by atoms with Crippen molar-refractivity contribution < 1.29 is 9.90 Å². The Morgan fingerprint density at radius 1 is 1.38 bits per heavy atom. The lowest BCUT2D eigenvalue weighted by Gasteiger charge is -2.16. The number of aliphatic carboxylic acids is 1. The zero-order valence-corrected chi connectivity index (χ0v) is 8.98. The molecule has 0 radical (unpaired) electrons. The molecule has 0 aliphatic rings. The van der Waals surface area contributed by atoms with E-state index in [1.165, 1.54) is 6.33 Å². The number of carbonyl (C=O) groups is 1. The monoisotopic (exact) mass is 234 g/mol. The predicted molar refractivity (Wildman–Crippen MR) is 56.4 cm³/mol. The quantitative estimate of drug-likeness (QED) is 0.774. The number of H-pyrrole nitrogens is 1. The Morgan fingerprint density at radius 3 is 2.69 bits per heavy atom. The molecule has 0 aliphatic heterocycles. The number of carboxylic acids is 1. The van der Waals surface area contributed by atoms with E-state index >= 15 is 0 Å². The third-order valence-corrected chi connectivity index (χ3v) is 3.06. The fourth-order valence-electron chi connectivity index (χ4n) is 1.24. The normalized spacial score (nSPS) is 12.2. The second-order valence-corrected chi connectivity index (χ2v) is 4.11. The van der Waals surface area contributed by atoms with Crippen LogP contribution >= 0.6 is 11.8 Å². The molecule has 0 fully saturated rings. The van der Waals surface area contributed by atoms with Crippen LogP contribution < -0.4 is 5.11 Å². The van der Waals surface area contributed by atoms with Crippen LogP contribution in [-0.2, 0) is 4.79 Å². The minimum absolute atomic E-state index is 0.457. The molecule has 1 unspecified atom stereocenters. The predicted octanol–water partition coefficient (Wildman–Crippen LogP) is 0.388. The first-order valence-corrected chi connectivity index (χ1v) is 5.43. The number of thioether (sulfide) groups is 1. The molecule has 1 atom stereocenters. The number of rotatable bonds is 4. The topological polar surface area (TPSA) is 81.7 Å². The largest absolute Gasteiger partial charge is 0.549 e. The smallest absolute Gasteiger partial charge is 0.184 e. The molecular formula is C10H8N3O2S-. The summed E-state index contributed by atoms with van der Waals surface area (Å²) in [7, 11) is 0. The van der Waals surface area contributed by atoms with Gasteiger partial charge in [0.2, 0.25) is 0 Å². The van der Waals surface area contributed by atoms with Gasteiger partial charge < -0.3 is 9.90 Å². The van der Waals surface area contributed by atoms with Crippen molar-refractivity contribution in [2.45, 2.75) is 10.4 Å². The Kier molecular flexibility index (Phi) is 3.21. The van der Waals surface area contributed by atoms with E-state index in [-0.39, 0.29) is 0 Å². The van der Waals surface area contributed by atoms with Crippen LogP contribution in [0.1, 0.15) is 10.8 Å². The number of hydrogen-bond donors (Lipinski definition) is 1. The van der Waals surface area contributed by atoms with Gasteiger partial charge in [-0.2, -0.15) is 5.10 Å². The van der Waals surface area contributed by atoms with Crippen molar-refractivity contribution in [1.29, 1.82) is 0 Å². The Balaban J connectivity index is 2.22. The molecule has 0 amide bonds. The van der Waals surface area contributed by atoms with Crippen molar-refractivity contribution in [3.05, 3.63) is 42.2 Å². The van der Waals surface area contributed by atoms with Crippen LogP contribution in [0, 0.1) is 0 Å². The number of nitrogens with one attached hydrogen (secondary N) is 1. The van der Waals surface area contributed by atoms with E-state index in [0.29, 0.717) is 10.7 Å². The van der Waals surface area contributed by atoms with Gasteiger partial charge in [-0.25, -0.2) is 4.98 Å². The highest BCUT2D eigenvalue weighted by Gasteiger charge is 2.15. The SMILES string of the molecule is O=C([O-])C(Sc1ncn[nH]1)c1ccccc1. The van der Waals surface area contributed by atoms with E-state index in [2.05, 4.69) is 15.2 Å². The number of carboxylic acid groups (broad SMARTS) is 1. The zero-order chi connectivity index (χ0) is 11.4. The lowest BCUT2D eigenvalue weighted by atomic mass is 10.1. The lowest BCUT2D eigenvalue weighted by Crippen LogP contribution is -2.28. The number of aromatic nitrogens is 3. The van der Waals surface area contributed by atoms with Gasteiger partial charge in [-0.15, -0.1) is 0 Å². The molecule has 0 bridgehead atoms. The summed E-state index contributed by atoms with van der Waals surface area (Å²) in [6, 6.07) is 8.88. The molecule has 5 nitrogen and oxygen atoms in total. The van der Waals surface area contributed by atoms with E-state index < -0.39 is 11.2 Å². The molecule has 2 rings (SSSR count). The molecule has 0 aliphatic carbocycles. The van der Waals surface area contributed by atoms with Crippen molar-refractivity contribution in [3.8, 4) is 0 Å². The summed E-state index contributed by atoms with van der Waals surface area (Å²) in [5, 5.41) is 17.0. The Morgan fingerprint density at radius 2 is 2.12 bits per heavy atom. The summed E-state index contributed by atoms with van der Waals surface area (Å²) >= 11 is 1.07. The average molecular weight is 234 g/mol. The van der Waals surface area contributed by atoms with Gasteiger partial charge in [-0.3, -0.25) is 5.10 Å². The molecule has 6 heteroatoms. The third-order valence-electron chi connectivity index (χ3n) is 1.94. The van der Waals surface area contributed by atoms with Crippen molar-refractivity contribution in [3.63, 3.8) is 0 Å². The number of aromatic amines is 1. The lowest BCUT2D eigenvalue weighted by molar-refractivity contribution is -0.305. The Bertz CT molecular complexity index is 458. The standard InChI is InChI=1S/C10H9N3O2S/c14-9(15)8(7-4-2-1-3-5-7)16-10-11-6-12-13-10/h1-6,8H,(H,14,15)(H,11,12,13)/p-1. The Labute approximate surface area is 95.9 Å². The van der Waals surface area contributed by atoms with Crippen LogP contribution in [0.5, 0.6) is 0 Å². The highest BCUT2D eigenvalue weighted by molar-refractivity contribution is 8.00. The molecule has 2 aromatic rings. The van der Waals surface area contributed by atoms with Gasteiger partial charge in [0.1, 0.15) is 6.33 Å². The third kappa shape index (κ3) is 2.40. The molecule has 0 saturated heterocycles. The van der Waals surface area contributed by atoms with Crippen LogP contribution in [0.4, 0.5) is 0 Å². The second kappa shape index (κ2) is 4.80. The van der Waals surface area contributed by atoms with Crippen molar-refractivity contribution in [2.75, 3.05) is 0 Å². The number of benzene rings is 1. The molecule has 16 heavy (non-hydrogen) atoms. The van der Waals surface area contributed by atoms with E-state index in [9.17, 15) is 9.90 Å². The minimum Gasteiger partial charge on any atom is -0.549 e. The maximum absolute atomic E-state index is 11.0. The maximum atomic E-state index is 11.0. The first-order chi connectivity index (χ1) is 7.77. The molecule has 0 spiro atoms. The van der Waals surface area contributed by atoms with Gasteiger partial charge in [0.15, 0.2) is 5.16 Å². The summed E-state index contributed by atoms with van der Waals surface area (Å²) in [5.74, 6) is -1.15. The van der Waals surface area contributed by atoms with E-state index in [0.717, 1.165) is 11.8 Å². The number of hydrogen-bond acceptors (Lipinski definition) is 5. The molecule has 1 aromatic heterocycles. The first kappa shape index (κ1) is 10.7. The summed E-state index contributed by atoms with van der Waals surface area (Å²) in [6.07, 6.45) is 1.33. The molecule has 0 saturated carbocycles. The fourth-order valence-corrected chi connectivity index (χ4v) is 2.07. The van der Waals surface area contributed by atoms with Gasteiger partial charge >= 0.3 is 0 Å². The van der Waals surface area contributed by atoms with E-state index in [1.807, 2.05) is 6.07 Å². The summed E-state index contributed by atoms with van der Waals surface area (Å²) < 4.78 is 0. The van der Waals surface area contributed by atoms with Crippen molar-refractivity contribution >= 4 is 17.7 Å². The average Bonchev–Trinajstić information content (AvgIpc) is 2.79. The molecule has 82 valence electrons. The fraction of sp³-hybridized carbons (Fsp3) is 0.100. The van der Waals surface area contributed by atoms with Crippen LogP contribution in [0.15, 0.2) is 41.8 Å². The molecule has 1 N–H and O–H groups in total. The van der Waals surface area contributed by atoms with Gasteiger partial charge in [0.25, 0.3) is 0 Å². The van der Waals surface area contributed by atoms with Crippen LogP contribution in [0.2, 0.25) is 0 Å². The molecule has 1 aromatic carbocycles. The van der Waals surface area contributed by atoms with Gasteiger partial charge in [-0.05, 0) is 5.56 Å².